The van der Waals surface area contributed by atoms with Crippen LogP contribution >= 0.6 is 0 Å². The Bertz CT molecular complexity index is 224. The summed E-state index contributed by atoms with van der Waals surface area (Å²) in [6.07, 6.45) is 3.18. The van der Waals surface area contributed by atoms with Gasteiger partial charge in [0.05, 0.1) is 6.20 Å². The van der Waals surface area contributed by atoms with E-state index >= 15 is 0 Å². The Hall–Kier alpha value is -1.54. The normalized spacial score (nSPS) is 8.00. The third kappa shape index (κ3) is 1.44. The Balaban J connectivity index is 2.97. The fourth-order valence-electron chi connectivity index (χ4n) is 0.471. The second-order valence-corrected chi connectivity index (χ2v) is 1.41. The molecule has 0 aliphatic heterocycles. The lowest BCUT2D eigenvalue weighted by Crippen LogP contribution is -1.66. The van der Waals surface area contributed by atoms with Crippen LogP contribution in [0.3, 0.4) is 0 Å². The summed E-state index contributed by atoms with van der Waals surface area (Å²) in [7, 11) is 0. The summed E-state index contributed by atoms with van der Waals surface area (Å²) in [5.41, 5.74) is 6.97. The molecule has 0 aromatic carbocycles. The van der Waals surface area contributed by atoms with E-state index in [1.807, 2.05) is 0 Å². The fraction of sp³-hybridized carbons (Fsp3) is 0. The average molecular weight is 121 g/mol. The zero-order valence-electron chi connectivity index (χ0n) is 4.65. The van der Waals surface area contributed by atoms with Crippen LogP contribution in [0.25, 0.3) is 0 Å². The molecule has 0 aliphatic rings. The first-order valence-electron chi connectivity index (χ1n) is 2.41. The molecule has 0 aliphatic carbocycles. The van der Waals surface area contributed by atoms with Crippen molar-refractivity contribution in [1.82, 2.24) is 9.90 Å². The lowest BCUT2D eigenvalue weighted by molar-refractivity contribution is 0.988. The van der Waals surface area contributed by atoms with Crippen molar-refractivity contribution in [2.24, 2.45) is 5.11 Å². The first-order valence-corrected chi connectivity index (χ1v) is 2.41. The fourth-order valence-corrected chi connectivity index (χ4v) is 0.471. The Labute approximate surface area is 51.8 Å². The van der Waals surface area contributed by atoms with Gasteiger partial charge in [-0.3, -0.25) is 4.98 Å². The van der Waals surface area contributed by atoms with Crippen molar-refractivity contribution < 1.29 is 0 Å². The van der Waals surface area contributed by atoms with Crippen molar-refractivity contribution in [2.45, 2.75) is 0 Å². The van der Waals surface area contributed by atoms with Crippen molar-refractivity contribution in [3.05, 3.63) is 24.5 Å². The van der Waals surface area contributed by atoms with Crippen molar-refractivity contribution in [3.63, 3.8) is 0 Å². The predicted octanol–water partition coefficient (Wildman–Crippen LogP) is 1.26. The lowest BCUT2D eigenvalue weighted by Gasteiger charge is -1.76. The summed E-state index contributed by atoms with van der Waals surface area (Å²) in [5.74, 6) is 0. The third-order valence-corrected chi connectivity index (χ3v) is 0.811. The van der Waals surface area contributed by atoms with E-state index < -0.39 is 0 Å². The van der Waals surface area contributed by atoms with Gasteiger partial charge in [0, 0.05) is 6.20 Å². The Morgan fingerprint density at radius 1 is 1.67 bits per heavy atom. The molecule has 0 unspecified atom stereocenters. The van der Waals surface area contributed by atoms with Crippen LogP contribution in [0.4, 0.5) is 5.69 Å². The van der Waals surface area contributed by atoms with Gasteiger partial charge >= 0.3 is 0 Å². The van der Waals surface area contributed by atoms with E-state index in [-0.39, 0.29) is 0 Å². The number of hydrogen-bond donors (Lipinski definition) is 1. The van der Waals surface area contributed by atoms with E-state index in [2.05, 4.69) is 15.0 Å². The molecule has 1 heterocycles. The molecule has 44 valence electrons. The van der Waals surface area contributed by atoms with Crippen molar-refractivity contribution in [3.8, 4) is 0 Å². The van der Waals surface area contributed by atoms with E-state index in [4.69, 9.17) is 5.53 Å². The number of hydrogen-bond acceptors (Lipinski definition) is 3. The number of pyridine rings is 1. The van der Waals surface area contributed by atoms with E-state index in [0.29, 0.717) is 5.69 Å². The SMILES string of the molecule is N=[N+]=Nc1cccnc1. The highest BCUT2D eigenvalue weighted by molar-refractivity contribution is 5.30. The maximum absolute atomic E-state index is 6.37. The quantitative estimate of drug-likeness (QED) is 0.441. The number of aromatic nitrogens is 1. The number of rotatable bonds is 1. The van der Waals surface area contributed by atoms with Crippen LogP contribution in [0.5, 0.6) is 0 Å². The minimum atomic E-state index is 0.604. The second-order valence-electron chi connectivity index (χ2n) is 1.41. The molecular formula is C5H5N4+. The van der Waals surface area contributed by atoms with Crippen molar-refractivity contribution >= 4 is 5.69 Å². The molecule has 4 heteroatoms. The van der Waals surface area contributed by atoms with Crippen LogP contribution < -0.4 is 4.91 Å². The molecule has 1 aromatic rings. The minimum absolute atomic E-state index is 0.604. The van der Waals surface area contributed by atoms with Gasteiger partial charge in [-0.25, -0.2) is 0 Å². The van der Waals surface area contributed by atoms with Gasteiger partial charge in [0.2, 0.25) is 4.91 Å². The first-order chi connectivity index (χ1) is 4.43. The van der Waals surface area contributed by atoms with Crippen LogP contribution in [-0.4, -0.2) is 4.98 Å². The van der Waals surface area contributed by atoms with Gasteiger partial charge in [0.25, 0.3) is 0 Å². The highest BCUT2D eigenvalue weighted by atomic mass is 15.1. The number of nitrogens with zero attached hydrogens (tertiary/aromatic N) is 3. The molecular weight excluding hydrogens is 116 g/mol. The molecule has 0 fully saturated rings. The summed E-state index contributed by atoms with van der Waals surface area (Å²) in [5, 5.41) is 3.44. The van der Waals surface area contributed by atoms with Gasteiger partial charge in [-0.05, 0) is 12.1 Å². The highest BCUT2D eigenvalue weighted by Crippen LogP contribution is 2.04. The van der Waals surface area contributed by atoms with Crippen molar-refractivity contribution in [2.75, 3.05) is 0 Å². The van der Waals surface area contributed by atoms with Crippen molar-refractivity contribution in [1.29, 1.82) is 5.53 Å². The zero-order valence-corrected chi connectivity index (χ0v) is 4.65. The second kappa shape index (κ2) is 2.69. The van der Waals surface area contributed by atoms with E-state index in [9.17, 15) is 0 Å². The Morgan fingerprint density at radius 2 is 2.56 bits per heavy atom. The molecule has 0 saturated carbocycles. The van der Waals surface area contributed by atoms with Crippen LogP contribution in [0.2, 0.25) is 0 Å². The molecule has 1 rings (SSSR count). The minimum Gasteiger partial charge on any atom is -0.262 e. The molecule has 0 spiro atoms. The molecule has 1 N–H and O–H groups in total. The summed E-state index contributed by atoms with van der Waals surface area (Å²) >= 11 is 0. The van der Waals surface area contributed by atoms with Gasteiger partial charge in [0.15, 0.2) is 10.8 Å². The van der Waals surface area contributed by atoms with Crippen LogP contribution in [0.15, 0.2) is 29.6 Å². The van der Waals surface area contributed by atoms with Crippen LogP contribution in [0.1, 0.15) is 0 Å². The molecule has 0 amide bonds. The molecule has 4 nitrogen and oxygen atoms in total. The summed E-state index contributed by atoms with van der Waals surface area (Å²) in [6.45, 7) is 0. The lowest BCUT2D eigenvalue weighted by atomic mass is 10.4. The first kappa shape index (κ1) is 5.59. The zero-order chi connectivity index (χ0) is 6.53. The van der Waals surface area contributed by atoms with Gasteiger partial charge in [-0.1, -0.05) is 0 Å². The maximum Gasteiger partial charge on any atom is 0.220 e. The summed E-state index contributed by atoms with van der Waals surface area (Å²) in [4.78, 5) is 6.61. The number of nitrogens with one attached hydrogen (secondary N) is 1. The maximum atomic E-state index is 6.37. The smallest absolute Gasteiger partial charge is 0.220 e. The molecule has 0 radical (unpaired) electrons. The molecule has 0 saturated heterocycles. The predicted molar refractivity (Wildman–Crippen MR) is 31.2 cm³/mol. The monoisotopic (exact) mass is 121 g/mol. The largest absolute Gasteiger partial charge is 0.262 e. The molecule has 1 aromatic heterocycles. The Morgan fingerprint density at radius 3 is 3.11 bits per heavy atom. The van der Waals surface area contributed by atoms with E-state index in [1.165, 1.54) is 6.20 Å². The molecule has 0 bridgehead atoms. The van der Waals surface area contributed by atoms with Crippen LogP contribution in [0, 0.1) is 5.53 Å². The van der Waals surface area contributed by atoms with Gasteiger partial charge < -0.3 is 0 Å². The Kier molecular flexibility index (Phi) is 1.67. The third-order valence-electron chi connectivity index (χ3n) is 0.811. The van der Waals surface area contributed by atoms with Gasteiger partial charge in [0.1, 0.15) is 5.53 Å². The van der Waals surface area contributed by atoms with E-state index in [1.54, 1.807) is 18.3 Å². The van der Waals surface area contributed by atoms with Crippen LogP contribution in [-0.2, 0) is 0 Å². The highest BCUT2D eigenvalue weighted by Gasteiger charge is 1.89. The average Bonchev–Trinajstić information content (AvgIpc) is 1.91. The standard InChI is InChI=1S/C5H5N4/c6-9-8-5-2-1-3-7-4-5/h1-4,6H/q+1. The summed E-state index contributed by atoms with van der Waals surface area (Å²) in [6, 6.07) is 3.47. The summed E-state index contributed by atoms with van der Waals surface area (Å²) < 4.78 is 0. The topological polar surface area (TPSA) is 63.2 Å². The van der Waals surface area contributed by atoms with Gasteiger partial charge in [-0.15, -0.1) is 0 Å². The molecule has 0 atom stereocenters. The van der Waals surface area contributed by atoms with Gasteiger partial charge in [-0.2, -0.15) is 0 Å². The van der Waals surface area contributed by atoms with E-state index in [0.717, 1.165) is 0 Å². The molecule has 9 heavy (non-hydrogen) atoms.